The highest BCUT2D eigenvalue weighted by Gasteiger charge is 2.13. The second-order valence-electron chi connectivity index (χ2n) is 4.57. The highest BCUT2D eigenvalue weighted by atomic mass is 35.5. The van der Waals surface area contributed by atoms with Gasteiger partial charge in [0.15, 0.2) is 0 Å². The van der Waals surface area contributed by atoms with Crippen LogP contribution in [0.2, 0.25) is 5.02 Å². The third kappa shape index (κ3) is 3.95. The van der Waals surface area contributed by atoms with Crippen LogP contribution < -0.4 is 10.1 Å². The van der Waals surface area contributed by atoms with Gasteiger partial charge in [0.05, 0.1) is 11.6 Å². The molecule has 2 aromatic rings. The van der Waals surface area contributed by atoms with Crippen molar-refractivity contribution in [3.05, 3.63) is 58.4 Å². The molecule has 0 fully saturated rings. The van der Waals surface area contributed by atoms with Gasteiger partial charge in [-0.05, 0) is 43.2 Å². The quantitative estimate of drug-likeness (QED) is 0.921. The molecule has 0 saturated carbocycles. The number of rotatable bonds is 5. The Labute approximate surface area is 129 Å². The van der Waals surface area contributed by atoms with Crippen LogP contribution in [0, 0.1) is 6.92 Å². The first kappa shape index (κ1) is 15.3. The second kappa shape index (κ2) is 7.09. The molecule has 0 atom stereocenters. The van der Waals surface area contributed by atoms with Crippen LogP contribution in [0.1, 0.15) is 28.4 Å². The standard InChI is InChI=1S/C16H17ClN2O2/c1-3-21-15-7-11(2)13(8-14(15)17)16(20)19-10-12-5-4-6-18-9-12/h4-9H,3,10H2,1-2H3,(H,19,20). The number of aromatic nitrogens is 1. The molecule has 1 aromatic heterocycles. The van der Waals surface area contributed by atoms with E-state index in [0.29, 0.717) is 29.5 Å². The Bertz CT molecular complexity index is 630. The molecular formula is C16H17ClN2O2. The first-order valence-electron chi connectivity index (χ1n) is 6.72. The van der Waals surface area contributed by atoms with Crippen LogP contribution in [-0.4, -0.2) is 17.5 Å². The van der Waals surface area contributed by atoms with Crippen molar-refractivity contribution in [2.24, 2.45) is 0 Å². The zero-order chi connectivity index (χ0) is 15.2. The summed E-state index contributed by atoms with van der Waals surface area (Å²) in [7, 11) is 0. The van der Waals surface area contributed by atoms with E-state index in [0.717, 1.165) is 11.1 Å². The smallest absolute Gasteiger partial charge is 0.251 e. The number of pyridine rings is 1. The van der Waals surface area contributed by atoms with Gasteiger partial charge in [0.25, 0.3) is 5.91 Å². The van der Waals surface area contributed by atoms with E-state index in [4.69, 9.17) is 16.3 Å². The lowest BCUT2D eigenvalue weighted by molar-refractivity contribution is 0.0950. The third-order valence-corrected chi connectivity index (χ3v) is 3.29. The molecule has 0 unspecified atom stereocenters. The summed E-state index contributed by atoms with van der Waals surface area (Å²) >= 11 is 6.13. The van der Waals surface area contributed by atoms with Gasteiger partial charge in [0.2, 0.25) is 0 Å². The summed E-state index contributed by atoms with van der Waals surface area (Å²) in [6, 6.07) is 7.16. The van der Waals surface area contributed by atoms with Crippen LogP contribution in [-0.2, 0) is 6.54 Å². The van der Waals surface area contributed by atoms with Gasteiger partial charge in [-0.25, -0.2) is 0 Å². The first-order valence-corrected chi connectivity index (χ1v) is 7.09. The highest BCUT2D eigenvalue weighted by molar-refractivity contribution is 6.32. The van der Waals surface area contributed by atoms with E-state index in [1.54, 1.807) is 24.5 Å². The highest BCUT2D eigenvalue weighted by Crippen LogP contribution is 2.28. The average molecular weight is 305 g/mol. The first-order chi connectivity index (χ1) is 10.1. The molecule has 0 spiro atoms. The molecule has 0 radical (unpaired) electrons. The number of halogens is 1. The molecule has 0 bridgehead atoms. The van der Waals surface area contributed by atoms with E-state index in [2.05, 4.69) is 10.3 Å². The molecule has 1 N–H and O–H groups in total. The van der Waals surface area contributed by atoms with Crippen molar-refractivity contribution < 1.29 is 9.53 Å². The minimum atomic E-state index is -0.165. The van der Waals surface area contributed by atoms with Gasteiger partial charge in [-0.3, -0.25) is 9.78 Å². The van der Waals surface area contributed by atoms with E-state index in [9.17, 15) is 4.79 Å². The number of carbonyl (C=O) groups excluding carboxylic acids is 1. The molecule has 0 aliphatic heterocycles. The minimum Gasteiger partial charge on any atom is -0.492 e. The summed E-state index contributed by atoms with van der Waals surface area (Å²) in [6.45, 7) is 4.71. The van der Waals surface area contributed by atoms with Gasteiger partial charge >= 0.3 is 0 Å². The maximum absolute atomic E-state index is 12.2. The van der Waals surface area contributed by atoms with Crippen molar-refractivity contribution in [1.29, 1.82) is 0 Å². The lowest BCUT2D eigenvalue weighted by Crippen LogP contribution is -2.23. The number of benzene rings is 1. The predicted octanol–water partition coefficient (Wildman–Crippen LogP) is 3.37. The molecule has 2 rings (SSSR count). The molecule has 4 nitrogen and oxygen atoms in total. The number of carbonyl (C=O) groups is 1. The van der Waals surface area contributed by atoms with Crippen molar-refractivity contribution >= 4 is 17.5 Å². The summed E-state index contributed by atoms with van der Waals surface area (Å²) in [5.74, 6) is 0.432. The lowest BCUT2D eigenvalue weighted by atomic mass is 10.1. The fourth-order valence-corrected chi connectivity index (χ4v) is 2.16. The zero-order valence-electron chi connectivity index (χ0n) is 12.0. The monoisotopic (exact) mass is 304 g/mol. The Morgan fingerprint density at radius 3 is 2.90 bits per heavy atom. The SMILES string of the molecule is CCOc1cc(C)c(C(=O)NCc2cccnc2)cc1Cl. The molecule has 0 saturated heterocycles. The maximum atomic E-state index is 12.2. The number of nitrogens with one attached hydrogen (secondary N) is 1. The second-order valence-corrected chi connectivity index (χ2v) is 4.98. The van der Waals surface area contributed by atoms with Gasteiger partial charge in [-0.1, -0.05) is 17.7 Å². The molecule has 5 heteroatoms. The van der Waals surface area contributed by atoms with Gasteiger partial charge < -0.3 is 10.1 Å². The number of nitrogens with zero attached hydrogens (tertiary/aromatic N) is 1. The molecule has 1 amide bonds. The van der Waals surface area contributed by atoms with Crippen LogP contribution >= 0.6 is 11.6 Å². The minimum absolute atomic E-state index is 0.165. The van der Waals surface area contributed by atoms with Crippen molar-refractivity contribution in [3.8, 4) is 5.75 Å². The van der Waals surface area contributed by atoms with Crippen LogP contribution in [0.15, 0.2) is 36.7 Å². The van der Waals surface area contributed by atoms with Gasteiger partial charge in [-0.15, -0.1) is 0 Å². The van der Waals surface area contributed by atoms with Crippen LogP contribution in [0.3, 0.4) is 0 Å². The molecule has 21 heavy (non-hydrogen) atoms. The topological polar surface area (TPSA) is 51.2 Å². The lowest BCUT2D eigenvalue weighted by Gasteiger charge is -2.11. The van der Waals surface area contributed by atoms with Crippen molar-refractivity contribution in [2.45, 2.75) is 20.4 Å². The van der Waals surface area contributed by atoms with Crippen LogP contribution in [0.4, 0.5) is 0 Å². The normalized spacial score (nSPS) is 10.2. The molecule has 1 heterocycles. The number of hydrogen-bond donors (Lipinski definition) is 1. The molecule has 1 aromatic carbocycles. The maximum Gasteiger partial charge on any atom is 0.251 e. The summed E-state index contributed by atoms with van der Waals surface area (Å²) in [5.41, 5.74) is 2.32. The summed E-state index contributed by atoms with van der Waals surface area (Å²) in [4.78, 5) is 16.2. The fourth-order valence-electron chi connectivity index (χ4n) is 1.95. The molecule has 110 valence electrons. The van der Waals surface area contributed by atoms with E-state index < -0.39 is 0 Å². The number of aryl methyl sites for hydroxylation is 1. The van der Waals surface area contributed by atoms with Gasteiger partial charge in [0, 0.05) is 24.5 Å². The number of hydrogen-bond acceptors (Lipinski definition) is 3. The van der Waals surface area contributed by atoms with E-state index in [1.165, 1.54) is 0 Å². The van der Waals surface area contributed by atoms with Crippen molar-refractivity contribution in [2.75, 3.05) is 6.61 Å². The zero-order valence-corrected chi connectivity index (χ0v) is 12.8. The Balaban J connectivity index is 2.10. The Morgan fingerprint density at radius 1 is 1.43 bits per heavy atom. The number of amides is 1. The molecule has 0 aliphatic carbocycles. The summed E-state index contributed by atoms with van der Waals surface area (Å²) < 4.78 is 5.41. The number of ether oxygens (including phenoxy) is 1. The van der Waals surface area contributed by atoms with Crippen molar-refractivity contribution in [1.82, 2.24) is 10.3 Å². The molecule has 0 aliphatic rings. The summed E-state index contributed by atoms with van der Waals surface area (Å²) in [6.07, 6.45) is 3.42. The molecular weight excluding hydrogens is 288 g/mol. The Hall–Kier alpha value is -2.07. The summed E-state index contributed by atoms with van der Waals surface area (Å²) in [5, 5.41) is 3.30. The van der Waals surface area contributed by atoms with Crippen LogP contribution in [0.25, 0.3) is 0 Å². The van der Waals surface area contributed by atoms with Crippen LogP contribution in [0.5, 0.6) is 5.75 Å². The van der Waals surface area contributed by atoms with Gasteiger partial charge in [0.1, 0.15) is 5.75 Å². The fraction of sp³-hybridized carbons (Fsp3) is 0.250. The van der Waals surface area contributed by atoms with E-state index in [1.807, 2.05) is 26.0 Å². The third-order valence-electron chi connectivity index (χ3n) is 3.00. The Morgan fingerprint density at radius 2 is 2.24 bits per heavy atom. The van der Waals surface area contributed by atoms with Gasteiger partial charge in [-0.2, -0.15) is 0 Å². The average Bonchev–Trinajstić information content (AvgIpc) is 2.49. The van der Waals surface area contributed by atoms with E-state index in [-0.39, 0.29) is 5.91 Å². The van der Waals surface area contributed by atoms with E-state index >= 15 is 0 Å². The predicted molar refractivity (Wildman–Crippen MR) is 82.8 cm³/mol. The Kier molecular flexibility index (Phi) is 5.17. The van der Waals surface area contributed by atoms with Crippen molar-refractivity contribution in [3.63, 3.8) is 0 Å². The largest absolute Gasteiger partial charge is 0.492 e.